The summed E-state index contributed by atoms with van der Waals surface area (Å²) >= 11 is 0. The van der Waals surface area contributed by atoms with Gasteiger partial charge in [-0.2, -0.15) is 4.31 Å². The molecule has 0 radical (unpaired) electrons. The maximum atomic E-state index is 12.7. The number of carbonyl (C=O) groups excluding carboxylic acids is 2. The molecule has 0 saturated carbocycles. The molecule has 0 aliphatic carbocycles. The van der Waals surface area contributed by atoms with Gasteiger partial charge in [0.25, 0.3) is 0 Å². The number of piperidine rings is 1. The molecule has 0 bridgehead atoms. The number of nitrogens with one attached hydrogen (secondary N) is 3. The summed E-state index contributed by atoms with van der Waals surface area (Å²) in [7, 11) is -3.53. The van der Waals surface area contributed by atoms with E-state index in [0.29, 0.717) is 32.5 Å². The van der Waals surface area contributed by atoms with Gasteiger partial charge in [-0.05, 0) is 43.0 Å². The first kappa shape index (κ1) is 24.0. The Balaban J connectivity index is 1.14. The van der Waals surface area contributed by atoms with Gasteiger partial charge in [-0.25, -0.2) is 8.42 Å². The zero-order chi connectivity index (χ0) is 24.0. The van der Waals surface area contributed by atoms with Gasteiger partial charge in [0.05, 0.1) is 4.90 Å². The lowest BCUT2D eigenvalue weighted by Gasteiger charge is -2.30. The molecule has 34 heavy (non-hydrogen) atoms. The summed E-state index contributed by atoms with van der Waals surface area (Å²) < 4.78 is 26.9. The molecule has 1 saturated heterocycles. The van der Waals surface area contributed by atoms with Crippen molar-refractivity contribution in [2.45, 2.75) is 30.6 Å². The van der Waals surface area contributed by atoms with Gasteiger partial charge >= 0.3 is 0 Å². The average Bonchev–Trinajstić information content (AvgIpc) is 3.28. The lowest BCUT2D eigenvalue weighted by molar-refractivity contribution is -0.126. The Kier molecular flexibility index (Phi) is 7.64. The summed E-state index contributed by atoms with van der Waals surface area (Å²) in [5.41, 5.74) is 2.24. The third-order valence-corrected chi connectivity index (χ3v) is 8.16. The largest absolute Gasteiger partial charge is 0.361 e. The minimum absolute atomic E-state index is 0.107. The lowest BCUT2D eigenvalue weighted by atomic mass is 9.97. The Labute approximate surface area is 199 Å². The van der Waals surface area contributed by atoms with Gasteiger partial charge in [0.2, 0.25) is 21.8 Å². The Morgan fingerprint density at radius 2 is 1.65 bits per heavy atom. The predicted octanol–water partition coefficient (Wildman–Crippen LogP) is 2.43. The first-order chi connectivity index (χ1) is 16.4. The van der Waals surface area contributed by atoms with Crippen LogP contribution in [0.25, 0.3) is 10.9 Å². The van der Waals surface area contributed by atoms with Crippen LogP contribution < -0.4 is 10.6 Å². The third-order valence-electron chi connectivity index (χ3n) is 6.25. The number of aromatic amines is 1. The SMILES string of the molecule is O=C(CCNC(=O)C1CCN(S(=O)(=O)c2ccccc2)CC1)NCCc1c[nH]c2ccccc12. The van der Waals surface area contributed by atoms with Crippen molar-refractivity contribution < 1.29 is 18.0 Å². The molecule has 1 aliphatic heterocycles. The Bertz CT molecular complexity index is 1230. The highest BCUT2D eigenvalue weighted by Crippen LogP contribution is 2.24. The number of aromatic nitrogens is 1. The van der Waals surface area contributed by atoms with Crippen LogP contribution >= 0.6 is 0 Å². The fourth-order valence-corrected chi connectivity index (χ4v) is 5.80. The van der Waals surface area contributed by atoms with Gasteiger partial charge in [0.15, 0.2) is 0 Å². The smallest absolute Gasteiger partial charge is 0.243 e. The van der Waals surface area contributed by atoms with E-state index in [1.165, 1.54) is 4.31 Å². The molecule has 2 heterocycles. The van der Waals surface area contributed by atoms with Crippen molar-refractivity contribution in [1.29, 1.82) is 0 Å². The van der Waals surface area contributed by atoms with E-state index < -0.39 is 10.0 Å². The molecule has 0 unspecified atom stereocenters. The Morgan fingerprint density at radius 1 is 0.941 bits per heavy atom. The Hall–Kier alpha value is -3.17. The minimum Gasteiger partial charge on any atom is -0.361 e. The van der Waals surface area contributed by atoms with Crippen molar-refractivity contribution in [1.82, 2.24) is 19.9 Å². The summed E-state index contributed by atoms with van der Waals surface area (Å²) in [4.78, 5) is 28.1. The Morgan fingerprint density at radius 3 is 2.41 bits per heavy atom. The molecule has 180 valence electrons. The number of benzene rings is 2. The molecule has 8 nitrogen and oxygen atoms in total. The van der Waals surface area contributed by atoms with Gasteiger partial charge in [0, 0.05) is 55.6 Å². The van der Waals surface area contributed by atoms with Crippen LogP contribution in [0.5, 0.6) is 0 Å². The van der Waals surface area contributed by atoms with Crippen molar-refractivity contribution in [2.75, 3.05) is 26.2 Å². The molecule has 2 amide bonds. The molecule has 9 heteroatoms. The highest BCUT2D eigenvalue weighted by Gasteiger charge is 2.31. The van der Waals surface area contributed by atoms with Crippen LogP contribution in [0.3, 0.4) is 0 Å². The van der Waals surface area contributed by atoms with E-state index in [2.05, 4.69) is 21.7 Å². The molecule has 1 fully saturated rings. The normalized spacial score (nSPS) is 15.3. The highest BCUT2D eigenvalue weighted by molar-refractivity contribution is 7.89. The highest BCUT2D eigenvalue weighted by atomic mass is 32.2. The maximum Gasteiger partial charge on any atom is 0.243 e. The molecular formula is C25H30N4O4S. The van der Waals surface area contributed by atoms with Crippen molar-refractivity contribution in [3.63, 3.8) is 0 Å². The van der Waals surface area contributed by atoms with E-state index in [1.807, 2.05) is 24.4 Å². The number of hydrogen-bond acceptors (Lipinski definition) is 4. The second kappa shape index (κ2) is 10.8. The number of fused-ring (bicyclic) bond motifs is 1. The van der Waals surface area contributed by atoms with E-state index in [1.54, 1.807) is 30.3 Å². The second-order valence-corrected chi connectivity index (χ2v) is 10.4. The van der Waals surface area contributed by atoms with Gasteiger partial charge in [-0.1, -0.05) is 36.4 Å². The molecule has 2 aromatic carbocycles. The van der Waals surface area contributed by atoms with Gasteiger partial charge in [-0.3, -0.25) is 9.59 Å². The summed E-state index contributed by atoms with van der Waals surface area (Å²) in [6.07, 6.45) is 3.84. The molecule has 3 aromatic rings. The number of amides is 2. The van der Waals surface area contributed by atoms with Crippen molar-refractivity contribution in [3.8, 4) is 0 Å². The van der Waals surface area contributed by atoms with Crippen molar-refractivity contribution in [3.05, 3.63) is 66.4 Å². The maximum absolute atomic E-state index is 12.7. The van der Waals surface area contributed by atoms with Crippen LogP contribution in [-0.4, -0.2) is 55.7 Å². The van der Waals surface area contributed by atoms with E-state index in [0.717, 1.165) is 22.9 Å². The minimum atomic E-state index is -3.53. The first-order valence-corrected chi connectivity index (χ1v) is 13.0. The number of rotatable bonds is 9. The molecule has 1 aromatic heterocycles. The summed E-state index contributed by atoms with van der Waals surface area (Å²) in [6, 6.07) is 16.4. The molecular weight excluding hydrogens is 452 g/mol. The monoisotopic (exact) mass is 482 g/mol. The summed E-state index contributed by atoms with van der Waals surface area (Å²) in [5, 5.41) is 6.88. The van der Waals surface area contributed by atoms with E-state index in [4.69, 9.17) is 0 Å². The van der Waals surface area contributed by atoms with E-state index in [9.17, 15) is 18.0 Å². The fraction of sp³-hybridized carbons (Fsp3) is 0.360. The molecule has 3 N–H and O–H groups in total. The van der Waals surface area contributed by atoms with Crippen LogP contribution in [-0.2, 0) is 26.0 Å². The number of nitrogens with zero attached hydrogens (tertiary/aromatic N) is 1. The van der Waals surface area contributed by atoms with Crippen LogP contribution in [0.2, 0.25) is 0 Å². The molecule has 0 spiro atoms. The number of hydrogen-bond donors (Lipinski definition) is 3. The van der Waals surface area contributed by atoms with Crippen LogP contribution in [0, 0.1) is 5.92 Å². The first-order valence-electron chi connectivity index (χ1n) is 11.6. The van der Waals surface area contributed by atoms with Gasteiger partial charge in [-0.15, -0.1) is 0 Å². The zero-order valence-electron chi connectivity index (χ0n) is 19.0. The molecule has 0 atom stereocenters. The molecule has 1 aliphatic rings. The second-order valence-electron chi connectivity index (χ2n) is 8.49. The predicted molar refractivity (Wildman–Crippen MR) is 131 cm³/mol. The zero-order valence-corrected chi connectivity index (χ0v) is 19.8. The van der Waals surface area contributed by atoms with Crippen LogP contribution in [0.15, 0.2) is 65.7 Å². The number of sulfonamides is 1. The summed E-state index contributed by atoms with van der Waals surface area (Å²) in [5.74, 6) is -0.473. The van der Waals surface area contributed by atoms with Crippen LogP contribution in [0.4, 0.5) is 0 Å². The standard InChI is InChI=1S/C25H30N4O4S/c30-24(26-14-10-20-18-28-23-9-5-4-8-22(20)23)11-15-27-25(31)19-12-16-29(17-13-19)34(32,33)21-6-2-1-3-7-21/h1-9,18-19,28H,10-17H2,(H,26,30)(H,27,31). The molecule has 4 rings (SSSR count). The quantitative estimate of drug-likeness (QED) is 0.435. The van der Waals surface area contributed by atoms with Gasteiger partial charge in [0.1, 0.15) is 0 Å². The van der Waals surface area contributed by atoms with E-state index in [-0.39, 0.29) is 35.6 Å². The summed E-state index contributed by atoms with van der Waals surface area (Å²) in [6.45, 7) is 1.41. The van der Waals surface area contributed by atoms with E-state index >= 15 is 0 Å². The van der Waals surface area contributed by atoms with Gasteiger partial charge < -0.3 is 15.6 Å². The topological polar surface area (TPSA) is 111 Å². The lowest BCUT2D eigenvalue weighted by Crippen LogP contribution is -2.43. The number of para-hydroxylation sites is 1. The van der Waals surface area contributed by atoms with Crippen molar-refractivity contribution in [2.24, 2.45) is 5.92 Å². The number of H-pyrrole nitrogens is 1. The number of carbonyl (C=O) groups is 2. The van der Waals surface area contributed by atoms with Crippen LogP contribution in [0.1, 0.15) is 24.8 Å². The van der Waals surface area contributed by atoms with Crippen molar-refractivity contribution >= 4 is 32.7 Å². The third kappa shape index (κ3) is 5.66. The fourth-order valence-electron chi connectivity index (χ4n) is 4.31. The average molecular weight is 483 g/mol.